The average molecular weight is 448 g/mol. The van der Waals surface area contributed by atoms with Crippen LogP contribution in [0.15, 0.2) is 103 Å². The van der Waals surface area contributed by atoms with Gasteiger partial charge in [-0.1, -0.05) is 18.2 Å². The minimum absolute atomic E-state index is 0.420. The molecule has 166 valence electrons. The number of para-hydroxylation sites is 1. The molecule has 1 aromatic carbocycles. The molecule has 0 fully saturated rings. The highest BCUT2D eigenvalue weighted by Gasteiger charge is 2.10. The van der Waals surface area contributed by atoms with Gasteiger partial charge in [0, 0.05) is 53.9 Å². The number of hydrogen-bond acceptors (Lipinski definition) is 8. The van der Waals surface area contributed by atoms with E-state index >= 15 is 0 Å². The van der Waals surface area contributed by atoms with E-state index in [0.29, 0.717) is 17.6 Å². The molecule has 0 amide bonds. The van der Waals surface area contributed by atoms with Gasteiger partial charge in [-0.25, -0.2) is 4.68 Å². The standard InChI is InChI=1S/C25H21N9/c1-18(19-7-12-26-13-8-19)31-32-23-17-24(30-25(29-23)28-21-5-3-2-4-6-21)34-16-11-22(33-34)20-9-14-27-15-10-20/h2-17H,1H3,(H2,28,29,30,32). The number of pyridine rings is 2. The van der Waals surface area contributed by atoms with Gasteiger partial charge in [0.1, 0.15) is 0 Å². The first-order valence-corrected chi connectivity index (χ1v) is 10.6. The molecule has 0 saturated heterocycles. The Labute approximate surface area is 196 Å². The van der Waals surface area contributed by atoms with Gasteiger partial charge in [-0.05, 0) is 49.4 Å². The van der Waals surface area contributed by atoms with E-state index in [1.54, 1.807) is 35.5 Å². The van der Waals surface area contributed by atoms with Crippen LogP contribution in [0.2, 0.25) is 0 Å². The largest absolute Gasteiger partial charge is 0.324 e. The van der Waals surface area contributed by atoms with Crippen molar-refractivity contribution < 1.29 is 0 Å². The van der Waals surface area contributed by atoms with Crippen molar-refractivity contribution in [3.8, 4) is 17.1 Å². The fourth-order valence-electron chi connectivity index (χ4n) is 3.24. The Hall–Kier alpha value is -4.92. The fraction of sp³-hybridized carbons (Fsp3) is 0.0400. The summed E-state index contributed by atoms with van der Waals surface area (Å²) in [5, 5.41) is 12.4. The van der Waals surface area contributed by atoms with Gasteiger partial charge >= 0.3 is 0 Å². The van der Waals surface area contributed by atoms with Crippen LogP contribution in [0, 0.1) is 0 Å². The smallest absolute Gasteiger partial charge is 0.231 e. The zero-order valence-electron chi connectivity index (χ0n) is 18.4. The van der Waals surface area contributed by atoms with Crippen LogP contribution >= 0.6 is 0 Å². The molecule has 0 unspecified atom stereocenters. The molecule has 0 bridgehead atoms. The highest BCUT2D eigenvalue weighted by Crippen LogP contribution is 2.21. The Kier molecular flexibility index (Phi) is 5.98. The van der Waals surface area contributed by atoms with Crippen molar-refractivity contribution in [1.29, 1.82) is 0 Å². The molecule has 0 aliphatic rings. The second kappa shape index (κ2) is 9.70. The van der Waals surface area contributed by atoms with Gasteiger partial charge < -0.3 is 5.32 Å². The third-order valence-corrected chi connectivity index (χ3v) is 4.98. The van der Waals surface area contributed by atoms with Crippen LogP contribution < -0.4 is 10.7 Å². The molecule has 0 aliphatic carbocycles. The highest BCUT2D eigenvalue weighted by atomic mass is 15.4. The molecule has 0 saturated carbocycles. The second-order valence-electron chi connectivity index (χ2n) is 7.35. The van der Waals surface area contributed by atoms with Crippen molar-refractivity contribution in [2.75, 3.05) is 10.7 Å². The minimum Gasteiger partial charge on any atom is -0.324 e. The van der Waals surface area contributed by atoms with Crippen molar-refractivity contribution in [3.63, 3.8) is 0 Å². The zero-order valence-corrected chi connectivity index (χ0v) is 18.4. The average Bonchev–Trinajstić information content (AvgIpc) is 3.39. The Morgan fingerprint density at radius 2 is 1.59 bits per heavy atom. The summed E-state index contributed by atoms with van der Waals surface area (Å²) in [6.45, 7) is 1.92. The summed E-state index contributed by atoms with van der Waals surface area (Å²) in [4.78, 5) is 17.4. The van der Waals surface area contributed by atoms with Crippen molar-refractivity contribution in [2.45, 2.75) is 6.92 Å². The first-order valence-electron chi connectivity index (χ1n) is 10.6. The molecule has 4 aromatic heterocycles. The van der Waals surface area contributed by atoms with Gasteiger partial charge in [0.05, 0.1) is 11.4 Å². The summed E-state index contributed by atoms with van der Waals surface area (Å²) in [6.07, 6.45) is 8.81. The molecule has 34 heavy (non-hydrogen) atoms. The summed E-state index contributed by atoms with van der Waals surface area (Å²) in [5.74, 6) is 1.54. The van der Waals surface area contributed by atoms with Crippen LogP contribution in [-0.4, -0.2) is 35.4 Å². The van der Waals surface area contributed by atoms with Crippen LogP contribution in [0.25, 0.3) is 17.1 Å². The Morgan fingerprint density at radius 1 is 0.853 bits per heavy atom. The minimum atomic E-state index is 0.420. The maximum absolute atomic E-state index is 4.68. The number of anilines is 3. The maximum atomic E-state index is 4.68. The van der Waals surface area contributed by atoms with Gasteiger partial charge in [0.2, 0.25) is 5.95 Å². The molecule has 0 radical (unpaired) electrons. The monoisotopic (exact) mass is 447 g/mol. The van der Waals surface area contributed by atoms with Crippen LogP contribution in [0.5, 0.6) is 0 Å². The molecule has 2 N–H and O–H groups in total. The number of hydrogen-bond donors (Lipinski definition) is 2. The van der Waals surface area contributed by atoms with Crippen molar-refractivity contribution in [3.05, 3.63) is 103 Å². The molecular weight excluding hydrogens is 426 g/mol. The fourth-order valence-corrected chi connectivity index (χ4v) is 3.24. The summed E-state index contributed by atoms with van der Waals surface area (Å²) in [5.41, 5.74) is 7.48. The lowest BCUT2D eigenvalue weighted by atomic mass is 10.2. The summed E-state index contributed by atoms with van der Waals surface area (Å²) < 4.78 is 1.71. The third-order valence-electron chi connectivity index (χ3n) is 4.98. The van der Waals surface area contributed by atoms with E-state index in [0.717, 1.165) is 28.2 Å². The number of benzene rings is 1. The number of aromatic nitrogens is 6. The lowest BCUT2D eigenvalue weighted by molar-refractivity contribution is 0.845. The van der Waals surface area contributed by atoms with E-state index in [9.17, 15) is 0 Å². The summed E-state index contributed by atoms with van der Waals surface area (Å²) in [6, 6.07) is 21.1. The molecule has 0 atom stereocenters. The molecule has 5 aromatic rings. The van der Waals surface area contributed by atoms with E-state index in [-0.39, 0.29) is 0 Å². The zero-order chi connectivity index (χ0) is 23.2. The van der Waals surface area contributed by atoms with Crippen molar-refractivity contribution in [1.82, 2.24) is 29.7 Å². The lowest BCUT2D eigenvalue weighted by Crippen LogP contribution is -2.07. The van der Waals surface area contributed by atoms with Crippen LogP contribution in [0.3, 0.4) is 0 Å². The predicted octanol–water partition coefficient (Wildman–Crippen LogP) is 4.70. The summed E-state index contributed by atoms with van der Waals surface area (Å²) >= 11 is 0. The normalized spacial score (nSPS) is 11.3. The summed E-state index contributed by atoms with van der Waals surface area (Å²) in [7, 11) is 0. The van der Waals surface area contributed by atoms with Crippen LogP contribution in [0.4, 0.5) is 17.5 Å². The Morgan fingerprint density at radius 3 is 2.35 bits per heavy atom. The van der Waals surface area contributed by atoms with Crippen LogP contribution in [0.1, 0.15) is 12.5 Å². The van der Waals surface area contributed by atoms with E-state index in [4.69, 9.17) is 0 Å². The first-order chi connectivity index (χ1) is 16.7. The molecular formula is C25H21N9. The molecule has 0 spiro atoms. The number of nitrogens with zero attached hydrogens (tertiary/aromatic N) is 7. The van der Waals surface area contributed by atoms with E-state index in [2.05, 4.69) is 40.9 Å². The number of nitrogens with one attached hydrogen (secondary N) is 2. The van der Waals surface area contributed by atoms with Gasteiger partial charge in [-0.15, -0.1) is 0 Å². The lowest BCUT2D eigenvalue weighted by Gasteiger charge is -2.10. The molecule has 9 nitrogen and oxygen atoms in total. The van der Waals surface area contributed by atoms with Gasteiger partial charge in [0.15, 0.2) is 11.6 Å². The highest BCUT2D eigenvalue weighted by molar-refractivity contribution is 5.98. The predicted molar refractivity (Wildman–Crippen MR) is 132 cm³/mol. The molecule has 9 heteroatoms. The molecule has 4 heterocycles. The second-order valence-corrected chi connectivity index (χ2v) is 7.35. The topological polar surface area (TPSA) is 106 Å². The quantitative estimate of drug-likeness (QED) is 0.275. The van der Waals surface area contributed by atoms with Gasteiger partial charge in [-0.3, -0.25) is 15.4 Å². The van der Waals surface area contributed by atoms with Crippen LogP contribution in [-0.2, 0) is 0 Å². The Balaban J connectivity index is 1.48. The Bertz CT molecular complexity index is 1400. The third kappa shape index (κ3) is 4.94. The molecule has 5 rings (SSSR count). The van der Waals surface area contributed by atoms with Gasteiger partial charge in [-0.2, -0.15) is 20.2 Å². The SMILES string of the molecule is CC(=NNc1cc(-n2ccc(-c3ccncc3)n2)nc(Nc2ccccc2)n1)c1ccncc1. The van der Waals surface area contributed by atoms with E-state index in [1.165, 1.54) is 0 Å². The number of rotatable bonds is 7. The van der Waals surface area contributed by atoms with Gasteiger partial charge in [0.25, 0.3) is 0 Å². The van der Waals surface area contributed by atoms with E-state index < -0.39 is 0 Å². The van der Waals surface area contributed by atoms with Crippen molar-refractivity contribution in [2.24, 2.45) is 5.10 Å². The van der Waals surface area contributed by atoms with E-state index in [1.807, 2.05) is 73.8 Å². The maximum Gasteiger partial charge on any atom is 0.231 e. The number of hydrazone groups is 1. The molecule has 0 aliphatic heterocycles. The first kappa shape index (κ1) is 21.0. The van der Waals surface area contributed by atoms with Crippen molar-refractivity contribution >= 4 is 23.2 Å².